The van der Waals surface area contributed by atoms with Gasteiger partial charge in [-0.25, -0.2) is 0 Å². The number of hydrogen-bond donors (Lipinski definition) is 1. The molecule has 5 aliphatic rings. The molecule has 0 spiro atoms. The normalized spacial score (nSPS) is 23.1. The average molecular weight is 577 g/mol. The lowest BCUT2D eigenvalue weighted by molar-refractivity contribution is 0.579. The second-order valence-electron chi connectivity index (χ2n) is 12.6. The molecule has 2 nitrogen and oxygen atoms in total. The van der Waals surface area contributed by atoms with Crippen molar-refractivity contribution < 1.29 is 0 Å². The van der Waals surface area contributed by atoms with Crippen molar-refractivity contribution in [2.24, 2.45) is 0 Å². The van der Waals surface area contributed by atoms with Gasteiger partial charge in [0, 0.05) is 34.6 Å². The topological polar surface area (TPSA) is 15.3 Å². The average Bonchev–Trinajstić information content (AvgIpc) is 3.64. The van der Waals surface area contributed by atoms with Crippen LogP contribution in [0.3, 0.4) is 0 Å². The van der Waals surface area contributed by atoms with Crippen LogP contribution >= 0.6 is 0 Å². The Morgan fingerprint density at radius 2 is 1.68 bits per heavy atom. The van der Waals surface area contributed by atoms with Crippen molar-refractivity contribution in [1.82, 2.24) is 0 Å². The second-order valence-corrected chi connectivity index (χ2v) is 12.6. The summed E-state index contributed by atoms with van der Waals surface area (Å²) in [6.07, 6.45) is 38.9. The minimum absolute atomic E-state index is 0.242. The molecule has 0 bridgehead atoms. The number of hydrogen-bond acceptors (Lipinski definition) is 2. The van der Waals surface area contributed by atoms with Crippen LogP contribution in [-0.2, 0) is 0 Å². The summed E-state index contributed by atoms with van der Waals surface area (Å²) in [5.74, 6) is 0.411. The zero-order chi connectivity index (χ0) is 29.6. The summed E-state index contributed by atoms with van der Waals surface area (Å²) in [6, 6.07) is 19.2. The first-order valence-corrected chi connectivity index (χ1v) is 16.8. The van der Waals surface area contributed by atoms with Crippen LogP contribution in [-0.4, -0.2) is 12.1 Å². The second kappa shape index (κ2) is 13.6. The van der Waals surface area contributed by atoms with E-state index in [0.717, 1.165) is 51.4 Å². The van der Waals surface area contributed by atoms with Crippen LogP contribution in [0, 0.1) is 0 Å². The van der Waals surface area contributed by atoms with Crippen molar-refractivity contribution in [2.75, 3.05) is 10.2 Å². The summed E-state index contributed by atoms with van der Waals surface area (Å²) in [6.45, 7) is 0. The monoisotopic (exact) mass is 576 g/mol. The van der Waals surface area contributed by atoms with Gasteiger partial charge in [0.15, 0.2) is 0 Å². The Balaban J connectivity index is 1.04. The zero-order valence-corrected chi connectivity index (χ0v) is 25.8. The number of rotatable bonds is 9. The van der Waals surface area contributed by atoms with Crippen LogP contribution in [0.4, 0.5) is 11.4 Å². The maximum Gasteiger partial charge on any atom is 0.0727 e. The van der Waals surface area contributed by atoms with Crippen LogP contribution < -0.4 is 10.2 Å². The Morgan fingerprint density at radius 1 is 0.773 bits per heavy atom. The van der Waals surface area contributed by atoms with Crippen molar-refractivity contribution in [3.8, 4) is 0 Å². The maximum atomic E-state index is 3.86. The third-order valence-electron chi connectivity index (χ3n) is 9.72. The van der Waals surface area contributed by atoms with Crippen LogP contribution in [0.2, 0.25) is 0 Å². The van der Waals surface area contributed by atoms with E-state index in [9.17, 15) is 0 Å². The number of nitrogens with zero attached hydrogens (tertiary/aromatic N) is 1. The van der Waals surface area contributed by atoms with Crippen molar-refractivity contribution in [1.29, 1.82) is 0 Å². The van der Waals surface area contributed by atoms with Crippen molar-refractivity contribution in [3.63, 3.8) is 0 Å². The fourth-order valence-electron chi connectivity index (χ4n) is 7.27. The van der Waals surface area contributed by atoms with Gasteiger partial charge in [-0.15, -0.1) is 5.73 Å². The lowest BCUT2D eigenvalue weighted by Gasteiger charge is -2.35. The van der Waals surface area contributed by atoms with Crippen LogP contribution in [0.1, 0.15) is 81.3 Å². The molecule has 2 aromatic carbocycles. The number of anilines is 2. The minimum Gasteiger partial charge on any atom is -0.374 e. The molecule has 0 radical (unpaired) electrons. The van der Waals surface area contributed by atoms with E-state index in [1.165, 1.54) is 57.8 Å². The fraction of sp³-hybridized carbons (Fsp3) is 0.310. The molecule has 3 unspecified atom stereocenters. The highest BCUT2D eigenvalue weighted by Crippen LogP contribution is 2.36. The maximum absolute atomic E-state index is 3.86. The number of nitrogens with one attached hydrogen (secondary N) is 1. The summed E-state index contributed by atoms with van der Waals surface area (Å²) in [4.78, 5) is 2.56. The molecule has 3 atom stereocenters. The molecule has 1 N–H and O–H groups in total. The van der Waals surface area contributed by atoms with E-state index in [1.54, 1.807) is 0 Å². The Morgan fingerprint density at radius 3 is 2.36 bits per heavy atom. The van der Waals surface area contributed by atoms with Gasteiger partial charge in [0.25, 0.3) is 0 Å². The molecule has 0 aromatic heterocycles. The van der Waals surface area contributed by atoms with Gasteiger partial charge in [0.2, 0.25) is 0 Å². The third-order valence-corrected chi connectivity index (χ3v) is 9.72. The molecule has 7 rings (SSSR count). The van der Waals surface area contributed by atoms with Crippen LogP contribution in [0.15, 0.2) is 144 Å². The summed E-state index contributed by atoms with van der Waals surface area (Å²) in [7, 11) is 0. The van der Waals surface area contributed by atoms with Crippen molar-refractivity contribution in [2.45, 2.75) is 82.2 Å². The highest BCUT2D eigenvalue weighted by Gasteiger charge is 2.23. The predicted molar refractivity (Wildman–Crippen MR) is 188 cm³/mol. The third kappa shape index (κ3) is 6.47. The highest BCUT2D eigenvalue weighted by molar-refractivity contribution is 5.69. The van der Waals surface area contributed by atoms with E-state index < -0.39 is 0 Å². The van der Waals surface area contributed by atoms with Gasteiger partial charge in [0.1, 0.15) is 0 Å². The van der Waals surface area contributed by atoms with Gasteiger partial charge in [-0.1, -0.05) is 85.0 Å². The van der Waals surface area contributed by atoms with E-state index in [4.69, 9.17) is 0 Å². The van der Waals surface area contributed by atoms with E-state index in [-0.39, 0.29) is 6.04 Å². The lowest BCUT2D eigenvalue weighted by Crippen LogP contribution is -2.34. The molecule has 0 saturated carbocycles. The summed E-state index contributed by atoms with van der Waals surface area (Å²) in [5, 5.41) is 3.86. The smallest absolute Gasteiger partial charge is 0.0727 e. The number of allylic oxidation sites excluding steroid dienone is 10. The fourth-order valence-corrected chi connectivity index (χ4v) is 7.27. The molecule has 0 heterocycles. The Bertz CT molecular complexity index is 1610. The number of benzene rings is 2. The molecular formula is C42H44N2. The molecule has 0 fully saturated rings. The summed E-state index contributed by atoms with van der Waals surface area (Å²) < 4.78 is 0. The van der Waals surface area contributed by atoms with E-state index >= 15 is 0 Å². The SMILES string of the molecule is C1=CC(c2ccc(NC(C3=CCCC=C3)C3=CC=CCC3)cc2)CCC=1c1ccc(N(C2=CCC=C2)C2CC=CCC2)cc1. The first kappa shape index (κ1) is 28.5. The standard InChI is InChI=1S/C42H44N2/c1-4-12-36(13-5-1)42(37-14-6-2-7-15-37)43-38-28-24-34(25-29-38)32-20-22-33(23-21-32)35-26-30-41(31-27-35)44(40-18-10-11-19-40)39-16-8-3-9-17-39/h1,3-4,6,8,10,12,14-15,18-20,24-32,39,42-43H,2,5,7,9,11,13,16-17,21,23H2. The van der Waals surface area contributed by atoms with Gasteiger partial charge in [0.05, 0.1) is 6.04 Å². The molecule has 222 valence electrons. The van der Waals surface area contributed by atoms with Crippen molar-refractivity contribution in [3.05, 3.63) is 155 Å². The highest BCUT2D eigenvalue weighted by atomic mass is 15.2. The minimum atomic E-state index is 0.242. The molecule has 5 aliphatic carbocycles. The van der Waals surface area contributed by atoms with E-state index in [1.807, 2.05) is 0 Å². The van der Waals surface area contributed by atoms with E-state index in [0.29, 0.717) is 12.0 Å². The first-order chi connectivity index (χ1) is 21.8. The first-order valence-electron chi connectivity index (χ1n) is 16.8. The predicted octanol–water partition coefficient (Wildman–Crippen LogP) is 10.9. The van der Waals surface area contributed by atoms with Crippen LogP contribution in [0.5, 0.6) is 0 Å². The van der Waals surface area contributed by atoms with E-state index in [2.05, 4.69) is 137 Å². The van der Waals surface area contributed by atoms with Gasteiger partial charge in [-0.05, 0) is 123 Å². The van der Waals surface area contributed by atoms with Gasteiger partial charge >= 0.3 is 0 Å². The molecule has 44 heavy (non-hydrogen) atoms. The van der Waals surface area contributed by atoms with Crippen molar-refractivity contribution >= 4 is 16.9 Å². The van der Waals surface area contributed by atoms with Crippen LogP contribution in [0.25, 0.3) is 5.57 Å². The molecule has 0 aliphatic heterocycles. The molecule has 0 amide bonds. The summed E-state index contributed by atoms with van der Waals surface area (Å²) in [5.41, 5.74) is 14.4. The van der Waals surface area contributed by atoms with Gasteiger partial charge in [-0.3, -0.25) is 0 Å². The van der Waals surface area contributed by atoms with Gasteiger partial charge < -0.3 is 10.2 Å². The molecule has 2 heteroatoms. The van der Waals surface area contributed by atoms with Gasteiger partial charge in [-0.2, -0.15) is 0 Å². The molecule has 0 saturated heterocycles. The quantitative estimate of drug-likeness (QED) is 0.236. The largest absolute Gasteiger partial charge is 0.374 e. The molecule has 2 aromatic rings. The lowest BCUT2D eigenvalue weighted by atomic mass is 9.86. The zero-order valence-electron chi connectivity index (χ0n) is 25.8. The summed E-state index contributed by atoms with van der Waals surface area (Å²) >= 11 is 0. The Kier molecular flexibility index (Phi) is 8.80. The Labute approximate surface area is 264 Å². The Hall–Kier alpha value is -4.26. The molecular weight excluding hydrogens is 532 g/mol.